The van der Waals surface area contributed by atoms with E-state index in [1.54, 1.807) is 15.8 Å². The van der Waals surface area contributed by atoms with Crippen LogP contribution in [0.4, 0.5) is 10.6 Å². The number of fused-ring (bicyclic) bond motifs is 3. The van der Waals surface area contributed by atoms with Crippen LogP contribution in [0.5, 0.6) is 0 Å². The number of anilines is 1. The maximum absolute atomic E-state index is 13.1. The first kappa shape index (κ1) is 19.1. The van der Waals surface area contributed by atoms with Gasteiger partial charge in [0.2, 0.25) is 5.91 Å². The summed E-state index contributed by atoms with van der Waals surface area (Å²) in [5.41, 5.74) is 1.57. The molecule has 2 aliphatic rings. The lowest BCUT2D eigenvalue weighted by atomic mass is 10.2. The summed E-state index contributed by atoms with van der Waals surface area (Å²) in [4.78, 5) is 33.2. The second-order valence-electron chi connectivity index (χ2n) is 6.76. The molecule has 0 atom stereocenters. The molecule has 2 aliphatic heterocycles. The minimum Gasteiger partial charge on any atom is -0.382 e. The lowest BCUT2D eigenvalue weighted by molar-refractivity contribution is -0.119. The van der Waals surface area contributed by atoms with Gasteiger partial charge in [-0.2, -0.15) is 5.10 Å². The van der Waals surface area contributed by atoms with Crippen molar-refractivity contribution in [2.75, 3.05) is 44.3 Å². The summed E-state index contributed by atoms with van der Waals surface area (Å²) in [6.45, 7) is 4.67. The minimum atomic E-state index is -0.254. The number of hydrogen-bond donors (Lipinski definition) is 1. The van der Waals surface area contributed by atoms with E-state index in [1.807, 2.05) is 37.3 Å². The molecule has 1 aromatic carbocycles. The highest BCUT2D eigenvalue weighted by molar-refractivity contribution is 6.20. The van der Waals surface area contributed by atoms with E-state index in [1.165, 1.54) is 4.90 Å². The number of para-hydroxylation sites is 1. The van der Waals surface area contributed by atoms with Crippen molar-refractivity contribution in [1.82, 2.24) is 20.0 Å². The summed E-state index contributed by atoms with van der Waals surface area (Å²) in [6, 6.07) is 9.29. The second-order valence-corrected chi connectivity index (χ2v) is 6.76. The number of aliphatic imine (C=N–C) groups is 1. The number of aromatic nitrogens is 2. The van der Waals surface area contributed by atoms with E-state index >= 15 is 0 Å². The van der Waals surface area contributed by atoms with E-state index in [2.05, 4.69) is 15.4 Å². The Morgan fingerprint density at radius 3 is 2.90 bits per heavy atom. The average molecular weight is 396 g/mol. The van der Waals surface area contributed by atoms with Crippen molar-refractivity contribution in [3.63, 3.8) is 0 Å². The summed E-state index contributed by atoms with van der Waals surface area (Å²) in [7, 11) is 0. The van der Waals surface area contributed by atoms with Crippen LogP contribution in [0.2, 0.25) is 0 Å². The summed E-state index contributed by atoms with van der Waals surface area (Å²) >= 11 is 0. The highest BCUT2D eigenvalue weighted by Crippen LogP contribution is 2.32. The molecule has 9 nitrogen and oxygen atoms in total. The number of benzene rings is 1. The molecule has 2 aromatic rings. The molecule has 4 rings (SSSR count). The highest BCUT2D eigenvalue weighted by Gasteiger charge is 2.41. The van der Waals surface area contributed by atoms with Gasteiger partial charge in [-0.3, -0.25) is 19.6 Å². The van der Waals surface area contributed by atoms with Gasteiger partial charge in [-0.25, -0.2) is 9.48 Å². The number of ether oxygens (including phenoxy) is 1. The third kappa shape index (κ3) is 3.73. The van der Waals surface area contributed by atoms with Gasteiger partial charge in [-0.05, 0) is 25.5 Å². The monoisotopic (exact) mass is 396 g/mol. The van der Waals surface area contributed by atoms with Crippen LogP contribution in [-0.2, 0) is 9.53 Å². The van der Waals surface area contributed by atoms with Crippen LogP contribution in [0.15, 0.2) is 41.5 Å². The number of rotatable bonds is 8. The molecule has 1 aromatic heterocycles. The van der Waals surface area contributed by atoms with Crippen LogP contribution in [0.3, 0.4) is 0 Å². The lowest BCUT2D eigenvalue weighted by Gasteiger charge is -2.33. The zero-order valence-electron chi connectivity index (χ0n) is 16.4. The normalized spacial score (nSPS) is 15.2. The molecule has 1 N–H and O–H groups in total. The van der Waals surface area contributed by atoms with E-state index in [4.69, 9.17) is 4.74 Å². The smallest absolute Gasteiger partial charge is 0.331 e. The third-order valence-corrected chi connectivity index (χ3v) is 4.84. The summed E-state index contributed by atoms with van der Waals surface area (Å²) in [5, 5.41) is 7.34. The van der Waals surface area contributed by atoms with Gasteiger partial charge in [0.05, 0.1) is 24.0 Å². The van der Waals surface area contributed by atoms with Gasteiger partial charge in [0.1, 0.15) is 12.4 Å². The number of amidine groups is 1. The highest BCUT2D eigenvalue weighted by atomic mass is 16.5. The predicted molar refractivity (Wildman–Crippen MR) is 109 cm³/mol. The van der Waals surface area contributed by atoms with Crippen molar-refractivity contribution in [3.05, 3.63) is 42.1 Å². The van der Waals surface area contributed by atoms with Gasteiger partial charge in [0.25, 0.3) is 0 Å². The van der Waals surface area contributed by atoms with Gasteiger partial charge in [0.15, 0.2) is 5.82 Å². The first-order chi connectivity index (χ1) is 14.2. The van der Waals surface area contributed by atoms with E-state index in [-0.39, 0.29) is 18.5 Å². The Hall–Kier alpha value is -3.20. The van der Waals surface area contributed by atoms with E-state index in [9.17, 15) is 9.59 Å². The van der Waals surface area contributed by atoms with Crippen molar-refractivity contribution in [3.8, 4) is 5.69 Å². The topological polar surface area (TPSA) is 92.1 Å². The SMILES string of the molecule is CCOCCCNC(=O)CN1C(=O)N2CCN=C2c2cnn(-c3ccccc3)c21. The molecule has 0 saturated carbocycles. The molecule has 0 bridgehead atoms. The molecule has 0 fully saturated rings. The molecule has 0 aliphatic carbocycles. The summed E-state index contributed by atoms with van der Waals surface area (Å²) in [5.74, 6) is 0.976. The molecule has 9 heteroatoms. The summed E-state index contributed by atoms with van der Waals surface area (Å²) < 4.78 is 6.97. The first-order valence-corrected chi connectivity index (χ1v) is 9.82. The Labute approximate surface area is 168 Å². The van der Waals surface area contributed by atoms with Crippen molar-refractivity contribution < 1.29 is 14.3 Å². The Bertz CT molecular complexity index is 924. The zero-order chi connectivity index (χ0) is 20.2. The van der Waals surface area contributed by atoms with Crippen LogP contribution in [0, 0.1) is 0 Å². The fraction of sp³-hybridized carbons (Fsp3) is 0.400. The fourth-order valence-corrected chi connectivity index (χ4v) is 3.51. The van der Waals surface area contributed by atoms with Crippen LogP contribution < -0.4 is 10.2 Å². The van der Waals surface area contributed by atoms with E-state index in [0.717, 1.165) is 17.7 Å². The standard InChI is InChI=1S/C20H24N6O3/c1-2-29-12-6-9-21-17(27)14-25-19-16(18-22-10-11-24(18)20(25)28)13-23-26(19)15-7-4-3-5-8-15/h3-5,7-8,13H,2,6,9-12,14H2,1H3,(H,21,27). The fourth-order valence-electron chi connectivity index (χ4n) is 3.51. The lowest BCUT2D eigenvalue weighted by Crippen LogP contribution is -2.53. The molecular weight excluding hydrogens is 372 g/mol. The Kier molecular flexibility index (Phi) is 5.57. The van der Waals surface area contributed by atoms with Crippen LogP contribution in [0.1, 0.15) is 18.9 Å². The third-order valence-electron chi connectivity index (χ3n) is 4.84. The number of amides is 3. The molecule has 3 amide bonds. The first-order valence-electron chi connectivity index (χ1n) is 9.82. The molecule has 3 heterocycles. The number of carbonyl (C=O) groups excluding carboxylic acids is 2. The predicted octanol–water partition coefficient (Wildman–Crippen LogP) is 1.42. The maximum atomic E-state index is 13.1. The molecule has 152 valence electrons. The van der Waals surface area contributed by atoms with Crippen LogP contribution >= 0.6 is 0 Å². The molecule has 0 spiro atoms. The molecule has 0 saturated heterocycles. The number of hydrogen-bond acceptors (Lipinski definition) is 5. The van der Waals surface area contributed by atoms with Gasteiger partial charge in [-0.15, -0.1) is 0 Å². The Balaban J connectivity index is 1.59. The van der Waals surface area contributed by atoms with Gasteiger partial charge >= 0.3 is 6.03 Å². The molecule has 29 heavy (non-hydrogen) atoms. The molecule has 0 radical (unpaired) electrons. The molecular formula is C20H24N6O3. The second kappa shape index (κ2) is 8.44. The van der Waals surface area contributed by atoms with Crippen molar-refractivity contribution in [2.45, 2.75) is 13.3 Å². The Morgan fingerprint density at radius 1 is 1.28 bits per heavy atom. The van der Waals surface area contributed by atoms with E-state index < -0.39 is 0 Å². The summed E-state index contributed by atoms with van der Waals surface area (Å²) in [6.07, 6.45) is 2.43. The Morgan fingerprint density at radius 2 is 2.10 bits per heavy atom. The molecule has 0 unspecified atom stereocenters. The van der Waals surface area contributed by atoms with Gasteiger partial charge in [-0.1, -0.05) is 18.2 Å². The number of nitrogens with zero attached hydrogens (tertiary/aromatic N) is 5. The quantitative estimate of drug-likeness (QED) is 0.683. The van der Waals surface area contributed by atoms with Crippen molar-refractivity contribution in [2.24, 2.45) is 4.99 Å². The van der Waals surface area contributed by atoms with Crippen LogP contribution in [0.25, 0.3) is 5.69 Å². The minimum absolute atomic E-state index is 0.0806. The number of urea groups is 1. The zero-order valence-corrected chi connectivity index (χ0v) is 16.4. The van der Waals surface area contributed by atoms with Crippen LogP contribution in [-0.4, -0.2) is 71.8 Å². The number of nitrogens with one attached hydrogen (secondary N) is 1. The van der Waals surface area contributed by atoms with Gasteiger partial charge < -0.3 is 10.1 Å². The maximum Gasteiger partial charge on any atom is 0.331 e. The largest absolute Gasteiger partial charge is 0.382 e. The van der Waals surface area contributed by atoms with E-state index in [0.29, 0.717) is 44.5 Å². The number of carbonyl (C=O) groups is 2. The van der Waals surface area contributed by atoms with Crippen molar-refractivity contribution >= 4 is 23.6 Å². The van der Waals surface area contributed by atoms with Crippen molar-refractivity contribution in [1.29, 1.82) is 0 Å². The average Bonchev–Trinajstić information content (AvgIpc) is 3.39. The van der Waals surface area contributed by atoms with Gasteiger partial charge in [0, 0.05) is 26.3 Å².